The highest BCUT2D eigenvalue weighted by Gasteiger charge is 2.26. The molecule has 0 radical (unpaired) electrons. The van der Waals surface area contributed by atoms with Gasteiger partial charge in [-0.1, -0.05) is 41.6 Å². The van der Waals surface area contributed by atoms with Crippen molar-refractivity contribution in [3.8, 4) is 0 Å². The van der Waals surface area contributed by atoms with Gasteiger partial charge in [0.1, 0.15) is 6.04 Å². The number of carboxylic acid groups (broad SMARTS) is 1. The van der Waals surface area contributed by atoms with Crippen LogP contribution < -0.4 is 4.90 Å². The maximum absolute atomic E-state index is 11.9. The van der Waals surface area contributed by atoms with E-state index in [1.54, 1.807) is 6.20 Å². The quantitative estimate of drug-likeness (QED) is 0.418. The number of aromatic nitrogens is 1. The van der Waals surface area contributed by atoms with E-state index >= 15 is 0 Å². The first-order valence-corrected chi connectivity index (χ1v) is 11.8. The number of carboxylic acids is 1. The molecule has 3 aromatic rings. The van der Waals surface area contributed by atoms with Crippen LogP contribution in [0, 0.1) is 24.7 Å². The van der Waals surface area contributed by atoms with E-state index in [2.05, 4.69) is 58.4 Å². The number of nitroso groups, excluding NO2 is 1. The molecule has 0 saturated carbocycles. The van der Waals surface area contributed by atoms with Crippen LogP contribution in [0.25, 0.3) is 0 Å². The molecule has 176 valence electrons. The summed E-state index contributed by atoms with van der Waals surface area (Å²) in [5.74, 6) is -0.923. The van der Waals surface area contributed by atoms with Crippen molar-refractivity contribution in [1.82, 2.24) is 4.98 Å². The summed E-state index contributed by atoms with van der Waals surface area (Å²) in [5.41, 5.74) is 6.37. The van der Waals surface area contributed by atoms with Crippen molar-refractivity contribution < 1.29 is 9.90 Å². The maximum atomic E-state index is 11.9. The minimum Gasteiger partial charge on any atom is -0.481 e. The Morgan fingerprint density at radius 1 is 1.06 bits per heavy atom. The van der Waals surface area contributed by atoms with Crippen molar-refractivity contribution in [3.05, 3.63) is 99.7 Å². The molecule has 2 aromatic carbocycles. The molecule has 2 heterocycles. The summed E-state index contributed by atoms with van der Waals surface area (Å²) in [7, 11) is 0. The molecule has 0 bridgehead atoms. The fourth-order valence-electron chi connectivity index (χ4n) is 4.96. The minimum absolute atomic E-state index is 0.0177. The normalized spacial score (nSPS) is 16.1. The highest BCUT2D eigenvalue weighted by Crippen LogP contribution is 2.38. The monoisotopic (exact) mass is 457 g/mol. The minimum atomic E-state index is -0.696. The first-order valence-electron chi connectivity index (χ1n) is 11.8. The molecule has 0 amide bonds. The number of pyridine rings is 1. The molecule has 1 saturated heterocycles. The Labute approximate surface area is 200 Å². The Morgan fingerprint density at radius 2 is 1.76 bits per heavy atom. The van der Waals surface area contributed by atoms with E-state index in [9.17, 15) is 14.8 Å². The summed E-state index contributed by atoms with van der Waals surface area (Å²) in [6.07, 6.45) is 3.64. The molecule has 1 aliphatic rings. The Bertz CT molecular complexity index is 1140. The molecule has 6 heteroatoms. The molecular weight excluding hydrogens is 426 g/mol. The van der Waals surface area contributed by atoms with Crippen molar-refractivity contribution in [1.29, 1.82) is 0 Å². The lowest BCUT2D eigenvalue weighted by Crippen LogP contribution is -2.36. The number of carbonyl (C=O) groups is 1. The van der Waals surface area contributed by atoms with Gasteiger partial charge in [-0.05, 0) is 79.6 Å². The third-order valence-electron chi connectivity index (χ3n) is 6.96. The predicted molar refractivity (Wildman–Crippen MR) is 134 cm³/mol. The van der Waals surface area contributed by atoms with E-state index in [1.165, 1.54) is 11.1 Å². The number of hydrogen-bond donors (Lipinski definition) is 1. The van der Waals surface area contributed by atoms with Crippen LogP contribution in [0.2, 0.25) is 0 Å². The zero-order valence-corrected chi connectivity index (χ0v) is 19.7. The summed E-state index contributed by atoms with van der Waals surface area (Å²) in [5, 5.41) is 12.8. The van der Waals surface area contributed by atoms with E-state index in [0.717, 1.165) is 35.6 Å². The van der Waals surface area contributed by atoms with Gasteiger partial charge in [0.15, 0.2) is 0 Å². The van der Waals surface area contributed by atoms with E-state index in [0.29, 0.717) is 19.3 Å². The lowest BCUT2D eigenvalue weighted by Gasteiger charge is -2.32. The molecule has 4 rings (SSSR count). The lowest BCUT2D eigenvalue weighted by atomic mass is 9.82. The van der Waals surface area contributed by atoms with Gasteiger partial charge >= 0.3 is 5.97 Å². The van der Waals surface area contributed by atoms with Crippen molar-refractivity contribution in [3.63, 3.8) is 0 Å². The fraction of sp³-hybridized carbons (Fsp3) is 0.357. The second-order valence-corrected chi connectivity index (χ2v) is 9.19. The Morgan fingerprint density at radius 3 is 2.38 bits per heavy atom. The highest BCUT2D eigenvalue weighted by molar-refractivity contribution is 5.70. The van der Waals surface area contributed by atoms with Gasteiger partial charge in [0.05, 0.1) is 5.92 Å². The largest absolute Gasteiger partial charge is 0.481 e. The van der Waals surface area contributed by atoms with Gasteiger partial charge in [-0.25, -0.2) is 0 Å². The summed E-state index contributed by atoms with van der Waals surface area (Å²) in [6.45, 7) is 5.51. The number of benzene rings is 2. The molecule has 0 spiro atoms. The smallest absolute Gasteiger partial charge is 0.306 e. The first kappa shape index (κ1) is 23.6. The third kappa shape index (κ3) is 5.33. The van der Waals surface area contributed by atoms with Gasteiger partial charge in [-0.2, -0.15) is 4.91 Å². The van der Waals surface area contributed by atoms with Gasteiger partial charge in [-0.3, -0.25) is 9.78 Å². The van der Waals surface area contributed by atoms with E-state index < -0.39 is 12.0 Å². The van der Waals surface area contributed by atoms with Crippen LogP contribution in [0.3, 0.4) is 0 Å². The summed E-state index contributed by atoms with van der Waals surface area (Å²) in [6, 6.07) is 20.1. The Kier molecular flexibility index (Phi) is 7.36. The Balaban J connectivity index is 1.60. The van der Waals surface area contributed by atoms with Crippen LogP contribution in [-0.2, 0) is 4.79 Å². The van der Waals surface area contributed by atoms with Crippen molar-refractivity contribution in [2.75, 3.05) is 18.0 Å². The topological polar surface area (TPSA) is 82.9 Å². The molecule has 0 aliphatic carbocycles. The van der Waals surface area contributed by atoms with Crippen LogP contribution in [0.15, 0.2) is 72.0 Å². The average molecular weight is 458 g/mol. The molecule has 1 fully saturated rings. The number of rotatable bonds is 8. The molecule has 2 atom stereocenters. The fourth-order valence-corrected chi connectivity index (χ4v) is 4.96. The second kappa shape index (κ2) is 10.6. The third-order valence-corrected chi connectivity index (χ3v) is 6.96. The number of nitrogens with zero attached hydrogens (tertiary/aromatic N) is 3. The SMILES string of the molecule is Cc1cc(C(C[C@H](c2ccc(N3CCC(C(=O)O)CC3)cc2)c2ccccc2C)N=O)ccn1. The first-order chi connectivity index (χ1) is 16.5. The number of hydrogen-bond acceptors (Lipinski definition) is 5. The van der Waals surface area contributed by atoms with Crippen LogP contribution in [-0.4, -0.2) is 29.1 Å². The predicted octanol–water partition coefficient (Wildman–Crippen LogP) is 6.03. The summed E-state index contributed by atoms with van der Waals surface area (Å²) >= 11 is 0. The molecule has 1 aliphatic heterocycles. The van der Waals surface area contributed by atoms with Gasteiger partial charge in [0.25, 0.3) is 0 Å². The van der Waals surface area contributed by atoms with Crippen molar-refractivity contribution in [2.24, 2.45) is 11.1 Å². The molecule has 6 nitrogen and oxygen atoms in total. The maximum Gasteiger partial charge on any atom is 0.306 e. The van der Waals surface area contributed by atoms with Gasteiger partial charge in [0.2, 0.25) is 0 Å². The molecule has 1 aromatic heterocycles. The summed E-state index contributed by atoms with van der Waals surface area (Å²) < 4.78 is 0. The van der Waals surface area contributed by atoms with Gasteiger partial charge in [-0.15, -0.1) is 0 Å². The number of anilines is 1. The zero-order valence-electron chi connectivity index (χ0n) is 19.7. The Hall–Kier alpha value is -3.54. The van der Waals surface area contributed by atoms with Crippen LogP contribution >= 0.6 is 0 Å². The molecule has 1 N–H and O–H groups in total. The highest BCUT2D eigenvalue weighted by atomic mass is 16.4. The lowest BCUT2D eigenvalue weighted by molar-refractivity contribution is -0.142. The second-order valence-electron chi connectivity index (χ2n) is 9.19. The average Bonchev–Trinajstić information content (AvgIpc) is 2.86. The molecule has 34 heavy (non-hydrogen) atoms. The number of aryl methyl sites for hydroxylation is 2. The zero-order chi connectivity index (χ0) is 24.1. The van der Waals surface area contributed by atoms with Crippen LogP contribution in [0.1, 0.15) is 59.2 Å². The van der Waals surface area contributed by atoms with E-state index in [-0.39, 0.29) is 11.8 Å². The van der Waals surface area contributed by atoms with Crippen molar-refractivity contribution in [2.45, 2.75) is 45.1 Å². The van der Waals surface area contributed by atoms with Crippen LogP contribution in [0.5, 0.6) is 0 Å². The standard InChI is InChI=1S/C28H31N3O3/c1-19-5-3-4-6-25(19)26(18-27(30-34)23-11-14-29-20(2)17-23)21-7-9-24(10-8-21)31-15-12-22(13-16-31)28(32)33/h3-11,14,17,22,26-27H,12-13,15-16,18H2,1-2H3,(H,32,33)/t26-,27?/m1/s1. The van der Waals surface area contributed by atoms with Crippen molar-refractivity contribution >= 4 is 11.7 Å². The molecular formula is C28H31N3O3. The van der Waals surface area contributed by atoms with Crippen LogP contribution in [0.4, 0.5) is 5.69 Å². The number of aliphatic carboxylic acids is 1. The summed E-state index contributed by atoms with van der Waals surface area (Å²) in [4.78, 5) is 29.7. The van der Waals surface area contributed by atoms with E-state index in [4.69, 9.17) is 0 Å². The van der Waals surface area contributed by atoms with E-state index in [1.807, 2.05) is 31.2 Å². The van der Waals surface area contributed by atoms with Gasteiger partial charge in [0, 0.05) is 36.6 Å². The number of piperidine rings is 1. The van der Waals surface area contributed by atoms with Gasteiger partial charge < -0.3 is 10.0 Å². The molecule has 1 unspecified atom stereocenters.